The topological polar surface area (TPSA) is 66.6 Å². The Morgan fingerprint density at radius 1 is 1.61 bits per heavy atom. The van der Waals surface area contributed by atoms with Crippen LogP contribution in [0.25, 0.3) is 0 Å². The molecule has 1 aliphatic heterocycles. The summed E-state index contributed by atoms with van der Waals surface area (Å²) in [5, 5.41) is 14.2. The molecule has 0 aliphatic carbocycles. The average Bonchev–Trinajstić information content (AvgIpc) is 2.86. The molecule has 2 N–H and O–H groups in total. The van der Waals surface area contributed by atoms with E-state index in [4.69, 9.17) is 10.00 Å². The fourth-order valence-electron chi connectivity index (χ4n) is 1.97. The van der Waals surface area contributed by atoms with Crippen molar-refractivity contribution in [3.63, 3.8) is 0 Å². The zero-order chi connectivity index (χ0) is 13.0. The number of nitrogens with one attached hydrogen (secondary N) is 2. The molecule has 1 aromatic rings. The van der Waals surface area contributed by atoms with Crippen LogP contribution in [0.2, 0.25) is 0 Å². The molecule has 5 nitrogen and oxygen atoms in total. The molecule has 2 rings (SSSR count). The molecule has 2 heterocycles. The molecule has 0 saturated carbocycles. The number of morpholine rings is 1. The highest BCUT2D eigenvalue weighted by Crippen LogP contribution is 2.21. The molecule has 1 aliphatic rings. The van der Waals surface area contributed by atoms with E-state index in [9.17, 15) is 4.79 Å². The summed E-state index contributed by atoms with van der Waals surface area (Å²) < 4.78 is 5.28. The Labute approximate surface area is 110 Å². The number of rotatable bonds is 3. The van der Waals surface area contributed by atoms with E-state index in [1.807, 2.05) is 6.92 Å². The molecule has 96 valence electrons. The van der Waals surface area contributed by atoms with Gasteiger partial charge in [-0.1, -0.05) is 0 Å². The van der Waals surface area contributed by atoms with E-state index in [-0.39, 0.29) is 11.9 Å². The first kappa shape index (κ1) is 13.0. The smallest absolute Gasteiger partial charge is 0.283 e. The second-order valence-corrected chi connectivity index (χ2v) is 5.17. The predicted molar refractivity (Wildman–Crippen MR) is 68.6 cm³/mol. The molecule has 0 bridgehead atoms. The second kappa shape index (κ2) is 5.96. The summed E-state index contributed by atoms with van der Waals surface area (Å²) in [6.07, 6.45) is 0. The third kappa shape index (κ3) is 2.88. The first-order chi connectivity index (χ1) is 8.72. The van der Waals surface area contributed by atoms with Gasteiger partial charge in [0.15, 0.2) is 6.04 Å². The summed E-state index contributed by atoms with van der Waals surface area (Å²) in [4.78, 5) is 13.3. The Hall–Kier alpha value is -1.42. The van der Waals surface area contributed by atoms with Crippen LogP contribution in [0.3, 0.4) is 0 Å². The van der Waals surface area contributed by atoms with E-state index >= 15 is 0 Å². The maximum Gasteiger partial charge on any atom is 0.283 e. The molecular weight excluding hydrogens is 250 g/mol. The van der Waals surface area contributed by atoms with Crippen LogP contribution in [0, 0.1) is 11.3 Å². The highest BCUT2D eigenvalue weighted by Gasteiger charge is 2.27. The van der Waals surface area contributed by atoms with Crippen molar-refractivity contribution in [3.8, 4) is 6.07 Å². The van der Waals surface area contributed by atoms with Gasteiger partial charge >= 0.3 is 0 Å². The maximum absolute atomic E-state index is 12.1. The van der Waals surface area contributed by atoms with E-state index in [2.05, 4.69) is 11.4 Å². The molecule has 1 saturated heterocycles. The molecule has 18 heavy (non-hydrogen) atoms. The summed E-state index contributed by atoms with van der Waals surface area (Å²) in [5.74, 6) is -0.0363. The van der Waals surface area contributed by atoms with Crippen LogP contribution < -0.4 is 10.2 Å². The lowest BCUT2D eigenvalue weighted by Crippen LogP contribution is -3.18. The number of amides is 1. The second-order valence-electron chi connectivity index (χ2n) is 4.26. The van der Waals surface area contributed by atoms with Gasteiger partial charge < -0.3 is 15.0 Å². The first-order valence-corrected chi connectivity index (χ1v) is 6.81. The highest BCUT2D eigenvalue weighted by molar-refractivity contribution is 7.14. The van der Waals surface area contributed by atoms with Crippen LogP contribution in [-0.4, -0.2) is 38.3 Å². The van der Waals surface area contributed by atoms with Gasteiger partial charge in [0.25, 0.3) is 5.91 Å². The van der Waals surface area contributed by atoms with Gasteiger partial charge in [-0.15, -0.1) is 11.3 Å². The normalized spacial score (nSPS) is 18.0. The van der Waals surface area contributed by atoms with Crippen LogP contribution in [0.5, 0.6) is 0 Å². The van der Waals surface area contributed by atoms with Gasteiger partial charge in [0.05, 0.1) is 18.8 Å². The lowest BCUT2D eigenvalue weighted by Gasteiger charge is -2.28. The van der Waals surface area contributed by atoms with Crippen molar-refractivity contribution in [3.05, 3.63) is 17.0 Å². The quantitative estimate of drug-likeness (QED) is 0.800. The zero-order valence-corrected chi connectivity index (χ0v) is 11.0. The largest absolute Gasteiger partial charge is 0.370 e. The molecule has 1 fully saturated rings. The fourth-order valence-corrected chi connectivity index (χ4v) is 2.71. The minimum Gasteiger partial charge on any atom is -0.370 e. The Morgan fingerprint density at radius 2 is 2.33 bits per heavy atom. The van der Waals surface area contributed by atoms with Gasteiger partial charge in [0.2, 0.25) is 0 Å². The van der Waals surface area contributed by atoms with Gasteiger partial charge in [0, 0.05) is 0 Å². The molecule has 0 aromatic carbocycles. The van der Waals surface area contributed by atoms with Crippen LogP contribution in [0.4, 0.5) is 5.00 Å². The summed E-state index contributed by atoms with van der Waals surface area (Å²) in [5.41, 5.74) is 0.525. The van der Waals surface area contributed by atoms with E-state index in [1.165, 1.54) is 16.2 Å². The minimum absolute atomic E-state index is 0.0363. The maximum atomic E-state index is 12.1. The predicted octanol–water partition coefficient (Wildman–Crippen LogP) is -0.138. The van der Waals surface area contributed by atoms with E-state index < -0.39 is 0 Å². The number of carbonyl (C=O) groups is 1. The monoisotopic (exact) mass is 266 g/mol. The van der Waals surface area contributed by atoms with E-state index in [0.29, 0.717) is 23.8 Å². The summed E-state index contributed by atoms with van der Waals surface area (Å²) in [6.45, 7) is 5.02. The van der Waals surface area contributed by atoms with Crippen LogP contribution >= 0.6 is 11.3 Å². The minimum atomic E-state index is -0.123. The number of carbonyl (C=O) groups excluding carboxylic acids is 1. The van der Waals surface area contributed by atoms with Crippen LogP contribution in [-0.2, 0) is 9.53 Å². The lowest BCUT2D eigenvalue weighted by molar-refractivity contribution is -0.921. The van der Waals surface area contributed by atoms with Gasteiger partial charge in [-0.2, -0.15) is 5.26 Å². The molecule has 1 amide bonds. The van der Waals surface area contributed by atoms with Crippen LogP contribution in [0.15, 0.2) is 11.4 Å². The van der Waals surface area contributed by atoms with Gasteiger partial charge in [-0.3, -0.25) is 4.79 Å². The number of ether oxygens (including phenoxy) is 1. The van der Waals surface area contributed by atoms with Crippen molar-refractivity contribution in [2.75, 3.05) is 31.6 Å². The molecule has 1 atom stereocenters. The number of anilines is 1. The summed E-state index contributed by atoms with van der Waals surface area (Å²) >= 11 is 1.38. The van der Waals surface area contributed by atoms with Crippen molar-refractivity contribution in [1.29, 1.82) is 5.26 Å². The SMILES string of the molecule is C[C@@H](C(=O)Nc1sccc1C#N)[NH+]1CCOCC1. The Kier molecular flexibility index (Phi) is 4.31. The van der Waals surface area contributed by atoms with Crippen LogP contribution in [0.1, 0.15) is 12.5 Å². The number of nitrogens with zero attached hydrogens (tertiary/aromatic N) is 1. The number of quaternary nitrogens is 1. The number of thiophene rings is 1. The third-order valence-corrected chi connectivity index (χ3v) is 3.99. The van der Waals surface area contributed by atoms with Gasteiger partial charge in [-0.05, 0) is 18.4 Å². The Bertz CT molecular complexity index is 460. The third-order valence-electron chi connectivity index (χ3n) is 3.16. The van der Waals surface area contributed by atoms with Crippen molar-refractivity contribution < 1.29 is 14.4 Å². The van der Waals surface area contributed by atoms with Gasteiger partial charge in [-0.25, -0.2) is 0 Å². The van der Waals surface area contributed by atoms with Crippen molar-refractivity contribution >= 4 is 22.2 Å². The molecule has 0 unspecified atom stereocenters. The van der Waals surface area contributed by atoms with E-state index in [1.54, 1.807) is 11.4 Å². The number of hydrogen-bond acceptors (Lipinski definition) is 4. The Balaban J connectivity index is 1.97. The molecule has 0 radical (unpaired) electrons. The molecular formula is C12H16N3O2S+. The lowest BCUT2D eigenvalue weighted by atomic mass is 10.2. The van der Waals surface area contributed by atoms with Crippen molar-refractivity contribution in [2.45, 2.75) is 13.0 Å². The van der Waals surface area contributed by atoms with Gasteiger partial charge in [0.1, 0.15) is 24.2 Å². The number of hydrogen-bond donors (Lipinski definition) is 2. The highest BCUT2D eigenvalue weighted by atomic mass is 32.1. The molecule has 0 spiro atoms. The van der Waals surface area contributed by atoms with Crippen molar-refractivity contribution in [1.82, 2.24) is 0 Å². The van der Waals surface area contributed by atoms with Crippen molar-refractivity contribution in [2.24, 2.45) is 0 Å². The van der Waals surface area contributed by atoms with E-state index in [0.717, 1.165) is 13.1 Å². The summed E-state index contributed by atoms with van der Waals surface area (Å²) in [7, 11) is 0. The first-order valence-electron chi connectivity index (χ1n) is 5.93. The summed E-state index contributed by atoms with van der Waals surface area (Å²) in [6, 6.07) is 3.66. The standard InChI is InChI=1S/C12H15N3O2S/c1-9(15-3-5-17-6-4-15)11(16)14-12-10(8-13)2-7-18-12/h2,7,9H,3-6H2,1H3,(H,14,16)/p+1/t9-/m0/s1. The average molecular weight is 266 g/mol. The molecule has 6 heteroatoms. The zero-order valence-electron chi connectivity index (χ0n) is 10.2. The number of nitriles is 1. The fraction of sp³-hybridized carbons (Fsp3) is 0.500. The Morgan fingerprint density at radius 3 is 3.00 bits per heavy atom. The molecule has 1 aromatic heterocycles.